The van der Waals surface area contributed by atoms with Gasteiger partial charge in [-0.1, -0.05) is 0 Å². The van der Waals surface area contributed by atoms with Gasteiger partial charge in [0.2, 0.25) is 0 Å². The van der Waals surface area contributed by atoms with Gasteiger partial charge in [0.1, 0.15) is 0 Å². The Balaban J connectivity index is 2.24. The summed E-state index contributed by atoms with van der Waals surface area (Å²) in [6.07, 6.45) is 6.33. The first-order chi connectivity index (χ1) is 8.03. The molecule has 1 fully saturated rings. The van der Waals surface area contributed by atoms with E-state index in [0.29, 0.717) is 0 Å². The van der Waals surface area contributed by atoms with Crippen LogP contribution < -0.4 is 5.73 Å². The summed E-state index contributed by atoms with van der Waals surface area (Å²) in [6, 6.07) is 2.06. The van der Waals surface area contributed by atoms with E-state index < -0.39 is 0 Å². The Morgan fingerprint density at radius 2 is 2.00 bits per heavy atom. The van der Waals surface area contributed by atoms with Crippen molar-refractivity contribution in [1.82, 2.24) is 9.88 Å². The van der Waals surface area contributed by atoms with Crippen LogP contribution in [0.2, 0.25) is 0 Å². The maximum Gasteiger partial charge on any atom is 0.0494 e. The van der Waals surface area contributed by atoms with Gasteiger partial charge in [0, 0.05) is 24.0 Å². The summed E-state index contributed by atoms with van der Waals surface area (Å²) >= 11 is 0. The molecule has 1 aliphatic rings. The molecule has 0 radical (unpaired) electrons. The number of rotatable bonds is 3. The monoisotopic (exact) mass is 233 g/mol. The number of aromatic nitrogens is 1. The molecular weight excluding hydrogens is 210 g/mol. The smallest absolute Gasteiger partial charge is 0.0494 e. The lowest BCUT2D eigenvalue weighted by molar-refractivity contribution is 0.123. The van der Waals surface area contributed by atoms with E-state index in [4.69, 9.17) is 5.73 Å². The normalized spacial score (nSPS) is 19.5. The Morgan fingerprint density at radius 1 is 1.35 bits per heavy atom. The van der Waals surface area contributed by atoms with Crippen molar-refractivity contribution < 1.29 is 0 Å². The lowest BCUT2D eigenvalue weighted by atomic mass is 9.87. The molecule has 0 amide bonds. The highest BCUT2D eigenvalue weighted by Crippen LogP contribution is 2.32. The van der Waals surface area contributed by atoms with Gasteiger partial charge in [0.05, 0.1) is 0 Å². The molecule has 0 aliphatic carbocycles. The van der Waals surface area contributed by atoms with Crippen molar-refractivity contribution in [3.63, 3.8) is 0 Å². The van der Waals surface area contributed by atoms with Gasteiger partial charge >= 0.3 is 0 Å². The third kappa shape index (κ3) is 2.35. The van der Waals surface area contributed by atoms with Crippen LogP contribution in [0.15, 0.2) is 18.5 Å². The topological polar surface area (TPSA) is 42.1 Å². The minimum Gasteiger partial charge on any atom is -0.322 e. The summed E-state index contributed by atoms with van der Waals surface area (Å²) < 4.78 is 0. The van der Waals surface area contributed by atoms with Gasteiger partial charge in [0.25, 0.3) is 0 Å². The van der Waals surface area contributed by atoms with Crippen LogP contribution in [0.1, 0.15) is 43.9 Å². The molecule has 0 saturated carbocycles. The lowest BCUT2D eigenvalue weighted by Crippen LogP contribution is -2.50. The summed E-state index contributed by atoms with van der Waals surface area (Å²) in [5.41, 5.74) is 8.88. The highest BCUT2D eigenvalue weighted by molar-refractivity contribution is 5.27. The number of aryl methyl sites for hydroxylation is 1. The number of nitrogens with two attached hydrogens (primary N) is 1. The van der Waals surface area contributed by atoms with E-state index in [0.717, 1.165) is 0 Å². The first-order valence-corrected chi connectivity index (χ1v) is 6.44. The second-order valence-electron chi connectivity index (χ2n) is 5.56. The standard InChI is InChI=1S/C14H23N3/c1-11-6-7-16-10-12(11)13(15)14(2,3)17-8-4-5-9-17/h6-7,10,13H,4-5,8-9,15H2,1-3H3. The van der Waals surface area contributed by atoms with E-state index in [9.17, 15) is 0 Å². The van der Waals surface area contributed by atoms with Crippen LogP contribution in [0.3, 0.4) is 0 Å². The van der Waals surface area contributed by atoms with Crippen molar-refractivity contribution in [1.29, 1.82) is 0 Å². The molecule has 1 aromatic heterocycles. The fourth-order valence-electron chi connectivity index (χ4n) is 2.67. The molecule has 94 valence electrons. The first-order valence-electron chi connectivity index (χ1n) is 6.44. The zero-order valence-electron chi connectivity index (χ0n) is 11.1. The predicted octanol–water partition coefficient (Wildman–Crippen LogP) is 2.26. The van der Waals surface area contributed by atoms with E-state index in [1.165, 1.54) is 37.1 Å². The number of hydrogen-bond acceptors (Lipinski definition) is 3. The Hall–Kier alpha value is -0.930. The minimum atomic E-state index is 0.00426. The molecule has 2 N–H and O–H groups in total. The van der Waals surface area contributed by atoms with Crippen LogP contribution >= 0.6 is 0 Å². The summed E-state index contributed by atoms with van der Waals surface area (Å²) in [4.78, 5) is 6.71. The van der Waals surface area contributed by atoms with Crippen LogP contribution in [-0.4, -0.2) is 28.5 Å². The maximum absolute atomic E-state index is 6.47. The fraction of sp³-hybridized carbons (Fsp3) is 0.643. The number of hydrogen-bond donors (Lipinski definition) is 1. The van der Waals surface area contributed by atoms with Gasteiger partial charge in [-0.25, -0.2) is 0 Å². The molecule has 2 heterocycles. The highest BCUT2D eigenvalue weighted by Gasteiger charge is 2.36. The second-order valence-corrected chi connectivity index (χ2v) is 5.56. The van der Waals surface area contributed by atoms with E-state index in [1.807, 2.05) is 18.5 Å². The second kappa shape index (κ2) is 4.75. The third-order valence-corrected chi connectivity index (χ3v) is 4.10. The SMILES string of the molecule is Cc1ccncc1C(N)C(C)(C)N1CCCC1. The molecule has 1 saturated heterocycles. The largest absolute Gasteiger partial charge is 0.322 e. The van der Waals surface area contributed by atoms with Gasteiger partial charge in [-0.3, -0.25) is 9.88 Å². The Kier molecular flexibility index (Phi) is 3.50. The van der Waals surface area contributed by atoms with Gasteiger partial charge in [-0.2, -0.15) is 0 Å². The number of pyridine rings is 1. The Morgan fingerprint density at radius 3 is 2.59 bits per heavy atom. The van der Waals surface area contributed by atoms with E-state index >= 15 is 0 Å². The van der Waals surface area contributed by atoms with Crippen molar-refractivity contribution >= 4 is 0 Å². The number of likely N-dealkylation sites (tertiary alicyclic amines) is 1. The summed E-state index contributed by atoms with van der Waals surface area (Å²) in [5, 5.41) is 0. The van der Waals surface area contributed by atoms with Gasteiger partial charge in [-0.15, -0.1) is 0 Å². The molecule has 1 aliphatic heterocycles. The van der Waals surface area contributed by atoms with Gasteiger partial charge < -0.3 is 5.73 Å². The Labute approximate surface area is 104 Å². The minimum absolute atomic E-state index is 0.00426. The zero-order valence-corrected chi connectivity index (χ0v) is 11.1. The number of nitrogens with zero attached hydrogens (tertiary/aromatic N) is 2. The molecule has 3 nitrogen and oxygen atoms in total. The zero-order chi connectivity index (χ0) is 12.5. The van der Waals surface area contributed by atoms with Crippen LogP contribution in [0, 0.1) is 6.92 Å². The van der Waals surface area contributed by atoms with Crippen molar-refractivity contribution in [2.45, 2.75) is 45.2 Å². The van der Waals surface area contributed by atoms with Gasteiger partial charge in [0.15, 0.2) is 0 Å². The van der Waals surface area contributed by atoms with E-state index in [2.05, 4.69) is 30.7 Å². The molecule has 3 heteroatoms. The van der Waals surface area contributed by atoms with Gasteiger partial charge in [-0.05, 0) is 63.9 Å². The van der Waals surface area contributed by atoms with Crippen molar-refractivity contribution in [2.24, 2.45) is 5.73 Å². The lowest BCUT2D eigenvalue weighted by Gasteiger charge is -2.40. The maximum atomic E-state index is 6.47. The van der Waals surface area contributed by atoms with E-state index in [1.54, 1.807) is 0 Å². The van der Waals surface area contributed by atoms with Crippen LogP contribution in [0.4, 0.5) is 0 Å². The summed E-state index contributed by atoms with van der Waals surface area (Å²) in [6.45, 7) is 8.93. The molecule has 1 unspecified atom stereocenters. The molecule has 0 spiro atoms. The highest BCUT2D eigenvalue weighted by atomic mass is 15.2. The van der Waals surface area contributed by atoms with Crippen LogP contribution in [-0.2, 0) is 0 Å². The fourth-order valence-corrected chi connectivity index (χ4v) is 2.67. The molecule has 2 rings (SSSR count). The molecule has 17 heavy (non-hydrogen) atoms. The summed E-state index contributed by atoms with van der Waals surface area (Å²) in [5.74, 6) is 0. The third-order valence-electron chi connectivity index (χ3n) is 4.10. The van der Waals surface area contributed by atoms with Crippen molar-refractivity contribution in [2.75, 3.05) is 13.1 Å². The molecule has 1 aromatic rings. The summed E-state index contributed by atoms with van der Waals surface area (Å²) in [7, 11) is 0. The molecule has 0 aromatic carbocycles. The van der Waals surface area contributed by atoms with Crippen LogP contribution in [0.5, 0.6) is 0 Å². The average molecular weight is 233 g/mol. The first kappa shape index (κ1) is 12.5. The predicted molar refractivity (Wildman–Crippen MR) is 70.8 cm³/mol. The molecule has 0 bridgehead atoms. The average Bonchev–Trinajstić information content (AvgIpc) is 2.83. The van der Waals surface area contributed by atoms with Crippen molar-refractivity contribution in [3.05, 3.63) is 29.6 Å². The van der Waals surface area contributed by atoms with Crippen molar-refractivity contribution in [3.8, 4) is 0 Å². The Bertz CT molecular complexity index is 381. The van der Waals surface area contributed by atoms with Crippen LogP contribution in [0.25, 0.3) is 0 Å². The molecule has 1 atom stereocenters. The quantitative estimate of drug-likeness (QED) is 0.870. The van der Waals surface area contributed by atoms with E-state index in [-0.39, 0.29) is 11.6 Å². The molecular formula is C14H23N3.